The SMILES string of the molecule is CSCCN1CCN(Cc2ccc(C#CC(C)(C)O)cc2)CC1. The van der Waals surface area contributed by atoms with Gasteiger partial charge in [0.15, 0.2) is 0 Å². The van der Waals surface area contributed by atoms with E-state index in [1.807, 2.05) is 23.9 Å². The molecule has 0 atom stereocenters. The highest BCUT2D eigenvalue weighted by Crippen LogP contribution is 2.10. The minimum atomic E-state index is -0.936. The van der Waals surface area contributed by atoms with E-state index in [1.165, 1.54) is 31.0 Å². The number of benzene rings is 1. The van der Waals surface area contributed by atoms with Crippen LogP contribution in [0.2, 0.25) is 0 Å². The molecule has 126 valence electrons. The van der Waals surface area contributed by atoms with Crippen molar-refractivity contribution >= 4 is 11.8 Å². The summed E-state index contributed by atoms with van der Waals surface area (Å²) in [5, 5.41) is 9.64. The first-order valence-corrected chi connectivity index (χ1v) is 9.64. The van der Waals surface area contributed by atoms with Gasteiger partial charge < -0.3 is 5.11 Å². The monoisotopic (exact) mass is 332 g/mol. The number of rotatable bonds is 5. The smallest absolute Gasteiger partial charge is 0.120 e. The van der Waals surface area contributed by atoms with Gasteiger partial charge in [0.2, 0.25) is 0 Å². The summed E-state index contributed by atoms with van der Waals surface area (Å²) >= 11 is 1.92. The molecular formula is C19H28N2OS. The summed E-state index contributed by atoms with van der Waals surface area (Å²) in [5.74, 6) is 7.10. The Bertz CT molecular complexity index is 531. The molecule has 1 heterocycles. The average molecular weight is 333 g/mol. The molecule has 0 amide bonds. The second kappa shape index (κ2) is 8.75. The zero-order valence-electron chi connectivity index (χ0n) is 14.5. The summed E-state index contributed by atoms with van der Waals surface area (Å²) in [6, 6.07) is 8.38. The maximum atomic E-state index is 9.64. The molecule has 1 aromatic rings. The highest BCUT2D eigenvalue weighted by atomic mass is 32.2. The van der Waals surface area contributed by atoms with Gasteiger partial charge in [0.1, 0.15) is 5.60 Å². The minimum Gasteiger partial charge on any atom is -0.378 e. The van der Waals surface area contributed by atoms with Crippen molar-refractivity contribution in [3.8, 4) is 11.8 Å². The molecule has 1 fully saturated rings. The van der Waals surface area contributed by atoms with Gasteiger partial charge in [-0.2, -0.15) is 11.8 Å². The van der Waals surface area contributed by atoms with Crippen molar-refractivity contribution in [3.63, 3.8) is 0 Å². The third kappa shape index (κ3) is 6.97. The number of piperazine rings is 1. The molecule has 1 aliphatic heterocycles. The van der Waals surface area contributed by atoms with Crippen LogP contribution in [0.4, 0.5) is 0 Å². The number of hydrogen-bond donors (Lipinski definition) is 1. The minimum absolute atomic E-state index is 0.936. The van der Waals surface area contributed by atoms with Gasteiger partial charge in [0.05, 0.1) is 0 Å². The summed E-state index contributed by atoms with van der Waals surface area (Å²) in [5.41, 5.74) is 1.35. The molecule has 0 radical (unpaired) electrons. The number of nitrogens with zero attached hydrogens (tertiary/aromatic N) is 2. The number of thioether (sulfide) groups is 1. The lowest BCUT2D eigenvalue weighted by molar-refractivity contribution is 0.133. The Morgan fingerprint density at radius 1 is 1.09 bits per heavy atom. The Balaban J connectivity index is 1.81. The predicted octanol–water partition coefficient (Wildman–Crippen LogP) is 2.29. The molecule has 1 aliphatic rings. The fourth-order valence-corrected chi connectivity index (χ4v) is 3.01. The first kappa shape index (κ1) is 18.4. The first-order valence-electron chi connectivity index (χ1n) is 8.24. The number of hydrogen-bond acceptors (Lipinski definition) is 4. The van der Waals surface area contributed by atoms with Gasteiger partial charge >= 0.3 is 0 Å². The van der Waals surface area contributed by atoms with Crippen LogP contribution in [0.25, 0.3) is 0 Å². The average Bonchev–Trinajstić information content (AvgIpc) is 2.53. The molecule has 1 N–H and O–H groups in total. The molecule has 2 rings (SSSR count). The van der Waals surface area contributed by atoms with E-state index >= 15 is 0 Å². The van der Waals surface area contributed by atoms with Crippen molar-refractivity contribution in [1.82, 2.24) is 9.80 Å². The topological polar surface area (TPSA) is 26.7 Å². The summed E-state index contributed by atoms with van der Waals surface area (Å²) in [4.78, 5) is 5.08. The molecule has 1 aromatic carbocycles. The van der Waals surface area contributed by atoms with Crippen LogP contribution in [0.3, 0.4) is 0 Å². The van der Waals surface area contributed by atoms with E-state index in [0.717, 1.165) is 25.2 Å². The molecule has 3 nitrogen and oxygen atoms in total. The van der Waals surface area contributed by atoms with Crippen LogP contribution in [0.1, 0.15) is 25.0 Å². The Morgan fingerprint density at radius 3 is 2.26 bits per heavy atom. The van der Waals surface area contributed by atoms with Crippen molar-refractivity contribution in [1.29, 1.82) is 0 Å². The highest BCUT2D eigenvalue weighted by Gasteiger charge is 2.16. The fourth-order valence-electron chi connectivity index (χ4n) is 2.57. The Hall–Kier alpha value is -0.990. The second-order valence-electron chi connectivity index (χ2n) is 6.62. The van der Waals surface area contributed by atoms with Crippen LogP contribution >= 0.6 is 11.8 Å². The summed E-state index contributed by atoms with van der Waals surface area (Å²) in [6.07, 6.45) is 2.17. The van der Waals surface area contributed by atoms with Crippen LogP contribution in [-0.4, -0.2) is 65.2 Å². The van der Waals surface area contributed by atoms with Crippen molar-refractivity contribution in [2.75, 3.05) is 44.7 Å². The van der Waals surface area contributed by atoms with E-state index in [1.54, 1.807) is 13.8 Å². The van der Waals surface area contributed by atoms with Crippen LogP contribution in [0.5, 0.6) is 0 Å². The lowest BCUT2D eigenvalue weighted by Crippen LogP contribution is -2.46. The molecular weight excluding hydrogens is 304 g/mol. The van der Waals surface area contributed by atoms with Gasteiger partial charge in [-0.05, 0) is 37.8 Å². The van der Waals surface area contributed by atoms with Gasteiger partial charge in [0, 0.05) is 50.6 Å². The highest BCUT2D eigenvalue weighted by molar-refractivity contribution is 7.98. The molecule has 1 saturated heterocycles. The van der Waals surface area contributed by atoms with Gasteiger partial charge in [-0.3, -0.25) is 9.80 Å². The summed E-state index contributed by atoms with van der Waals surface area (Å²) in [6.45, 7) is 10.3. The lowest BCUT2D eigenvalue weighted by atomic mass is 10.1. The van der Waals surface area contributed by atoms with E-state index in [2.05, 4.69) is 40.0 Å². The van der Waals surface area contributed by atoms with Crippen LogP contribution < -0.4 is 0 Å². The third-order valence-electron chi connectivity index (χ3n) is 3.95. The van der Waals surface area contributed by atoms with E-state index < -0.39 is 5.60 Å². The maximum Gasteiger partial charge on any atom is 0.120 e. The summed E-state index contributed by atoms with van der Waals surface area (Å²) in [7, 11) is 0. The molecule has 0 aliphatic carbocycles. The molecule has 0 saturated carbocycles. The van der Waals surface area contributed by atoms with Gasteiger partial charge in [-0.1, -0.05) is 24.0 Å². The Labute approximate surface area is 145 Å². The molecule has 0 unspecified atom stereocenters. The molecule has 0 bridgehead atoms. The Morgan fingerprint density at radius 2 is 1.70 bits per heavy atom. The molecule has 4 heteroatoms. The second-order valence-corrected chi connectivity index (χ2v) is 7.60. The van der Waals surface area contributed by atoms with Crippen LogP contribution in [0.15, 0.2) is 24.3 Å². The fraction of sp³-hybridized carbons (Fsp3) is 0.579. The largest absolute Gasteiger partial charge is 0.378 e. The van der Waals surface area contributed by atoms with Crippen molar-refractivity contribution in [2.45, 2.75) is 26.0 Å². The van der Waals surface area contributed by atoms with E-state index in [0.29, 0.717) is 0 Å². The zero-order valence-corrected chi connectivity index (χ0v) is 15.3. The lowest BCUT2D eigenvalue weighted by Gasteiger charge is -2.34. The van der Waals surface area contributed by atoms with Crippen molar-refractivity contribution in [3.05, 3.63) is 35.4 Å². The first-order chi connectivity index (χ1) is 11.0. The molecule has 0 spiro atoms. The molecule has 0 aromatic heterocycles. The van der Waals surface area contributed by atoms with E-state index in [4.69, 9.17) is 0 Å². The zero-order chi connectivity index (χ0) is 16.7. The maximum absolute atomic E-state index is 9.64. The van der Waals surface area contributed by atoms with Crippen molar-refractivity contribution < 1.29 is 5.11 Å². The van der Waals surface area contributed by atoms with E-state index in [-0.39, 0.29) is 0 Å². The quantitative estimate of drug-likeness (QED) is 0.837. The number of aliphatic hydroxyl groups is 1. The van der Waals surface area contributed by atoms with E-state index in [9.17, 15) is 5.11 Å². The van der Waals surface area contributed by atoms with Crippen LogP contribution in [0, 0.1) is 11.8 Å². The predicted molar refractivity (Wildman–Crippen MR) is 99.7 cm³/mol. The summed E-state index contributed by atoms with van der Waals surface area (Å²) < 4.78 is 0. The normalized spacial score (nSPS) is 16.9. The standard InChI is InChI=1S/C19H28N2OS/c1-19(2,22)9-8-17-4-6-18(7-5-17)16-21-12-10-20(11-13-21)14-15-23-3/h4-7,22H,10-16H2,1-3H3. The van der Waals surface area contributed by atoms with Crippen molar-refractivity contribution in [2.24, 2.45) is 0 Å². The van der Waals surface area contributed by atoms with Gasteiger partial charge in [-0.15, -0.1) is 0 Å². The van der Waals surface area contributed by atoms with Gasteiger partial charge in [-0.25, -0.2) is 0 Å². The van der Waals surface area contributed by atoms with Crippen LogP contribution in [-0.2, 0) is 6.54 Å². The molecule has 23 heavy (non-hydrogen) atoms. The third-order valence-corrected chi connectivity index (χ3v) is 4.54. The van der Waals surface area contributed by atoms with Gasteiger partial charge in [0.25, 0.3) is 0 Å². The Kier molecular flexibility index (Phi) is 6.98.